The van der Waals surface area contributed by atoms with Gasteiger partial charge in [0.15, 0.2) is 0 Å². The van der Waals surface area contributed by atoms with E-state index in [2.05, 4.69) is 0 Å². The lowest BCUT2D eigenvalue weighted by Crippen LogP contribution is -2.34. The largest absolute Gasteiger partial charge is 0.325 e. The second-order valence-corrected chi connectivity index (χ2v) is 5.38. The Bertz CT molecular complexity index is 404. The highest BCUT2D eigenvalue weighted by Gasteiger charge is 2.11. The van der Waals surface area contributed by atoms with Crippen LogP contribution in [0.1, 0.15) is 25.0 Å². The SMILES string of the molecule is CC(C)(N)CSCc1ccc(F)cc1C#N. The fourth-order valence-corrected chi connectivity index (χ4v) is 2.30. The average molecular weight is 238 g/mol. The molecule has 16 heavy (non-hydrogen) atoms. The Hall–Kier alpha value is -1.05. The number of nitrogens with zero attached hydrogens (tertiary/aromatic N) is 1. The van der Waals surface area contributed by atoms with E-state index in [1.807, 2.05) is 19.9 Å². The van der Waals surface area contributed by atoms with Crippen molar-refractivity contribution in [2.45, 2.75) is 25.1 Å². The van der Waals surface area contributed by atoms with Gasteiger partial charge in [-0.3, -0.25) is 0 Å². The number of benzene rings is 1. The second-order valence-electron chi connectivity index (χ2n) is 4.39. The van der Waals surface area contributed by atoms with Crippen molar-refractivity contribution in [1.82, 2.24) is 0 Å². The lowest BCUT2D eigenvalue weighted by molar-refractivity contribution is 0.591. The fraction of sp³-hybridized carbons (Fsp3) is 0.417. The molecule has 86 valence electrons. The second kappa shape index (κ2) is 5.33. The third-order valence-corrected chi connectivity index (χ3v) is 3.39. The van der Waals surface area contributed by atoms with Crippen molar-refractivity contribution in [2.24, 2.45) is 5.73 Å². The number of thioether (sulfide) groups is 1. The van der Waals surface area contributed by atoms with Crippen molar-refractivity contribution in [2.75, 3.05) is 5.75 Å². The van der Waals surface area contributed by atoms with Gasteiger partial charge in [-0.1, -0.05) is 6.07 Å². The molecule has 4 heteroatoms. The van der Waals surface area contributed by atoms with E-state index in [9.17, 15) is 4.39 Å². The maximum absolute atomic E-state index is 12.9. The fourth-order valence-electron chi connectivity index (χ4n) is 1.20. The van der Waals surface area contributed by atoms with Gasteiger partial charge in [0.1, 0.15) is 5.82 Å². The lowest BCUT2D eigenvalue weighted by atomic mass is 10.1. The van der Waals surface area contributed by atoms with Crippen LogP contribution in [0.5, 0.6) is 0 Å². The van der Waals surface area contributed by atoms with Crippen LogP contribution in [0.25, 0.3) is 0 Å². The van der Waals surface area contributed by atoms with E-state index in [1.54, 1.807) is 17.8 Å². The van der Waals surface area contributed by atoms with Gasteiger partial charge in [-0.15, -0.1) is 0 Å². The minimum atomic E-state index is -0.371. The molecule has 0 amide bonds. The number of nitriles is 1. The smallest absolute Gasteiger partial charge is 0.124 e. The Kier molecular flexibility index (Phi) is 4.34. The van der Waals surface area contributed by atoms with Crippen molar-refractivity contribution in [3.05, 3.63) is 35.1 Å². The van der Waals surface area contributed by atoms with Crippen LogP contribution in [-0.4, -0.2) is 11.3 Å². The Morgan fingerprint density at radius 2 is 2.19 bits per heavy atom. The monoisotopic (exact) mass is 238 g/mol. The van der Waals surface area contributed by atoms with E-state index >= 15 is 0 Å². The van der Waals surface area contributed by atoms with Gasteiger partial charge in [0.2, 0.25) is 0 Å². The van der Waals surface area contributed by atoms with Gasteiger partial charge in [-0.05, 0) is 31.5 Å². The molecule has 0 bridgehead atoms. The number of nitrogens with two attached hydrogens (primary N) is 1. The van der Waals surface area contributed by atoms with E-state index in [-0.39, 0.29) is 11.4 Å². The molecule has 2 nitrogen and oxygen atoms in total. The summed E-state index contributed by atoms with van der Waals surface area (Å²) in [6.45, 7) is 3.91. The van der Waals surface area contributed by atoms with Gasteiger partial charge >= 0.3 is 0 Å². The normalized spacial score (nSPS) is 11.2. The number of halogens is 1. The molecule has 0 aliphatic carbocycles. The minimum Gasteiger partial charge on any atom is -0.325 e. The molecular formula is C12H15FN2S. The van der Waals surface area contributed by atoms with Crippen LogP contribution in [-0.2, 0) is 5.75 Å². The highest BCUT2D eigenvalue weighted by atomic mass is 32.2. The van der Waals surface area contributed by atoms with Crippen molar-refractivity contribution < 1.29 is 4.39 Å². The molecule has 0 aromatic heterocycles. The van der Waals surface area contributed by atoms with Gasteiger partial charge in [0.05, 0.1) is 11.6 Å². The van der Waals surface area contributed by atoms with Gasteiger partial charge < -0.3 is 5.73 Å². The molecule has 0 saturated heterocycles. The number of hydrogen-bond donors (Lipinski definition) is 1. The molecule has 2 N–H and O–H groups in total. The molecule has 0 aliphatic heterocycles. The van der Waals surface area contributed by atoms with Crippen LogP contribution in [0.2, 0.25) is 0 Å². The van der Waals surface area contributed by atoms with E-state index in [1.165, 1.54) is 12.1 Å². The molecule has 0 atom stereocenters. The Morgan fingerprint density at radius 3 is 2.75 bits per heavy atom. The summed E-state index contributed by atoms with van der Waals surface area (Å²) in [6.07, 6.45) is 0. The van der Waals surface area contributed by atoms with E-state index in [0.29, 0.717) is 11.3 Å². The summed E-state index contributed by atoms with van der Waals surface area (Å²) in [7, 11) is 0. The zero-order chi connectivity index (χ0) is 12.2. The first-order chi connectivity index (χ1) is 7.42. The molecule has 1 rings (SSSR count). The summed E-state index contributed by atoms with van der Waals surface area (Å²) >= 11 is 1.65. The van der Waals surface area contributed by atoms with Gasteiger partial charge in [0.25, 0.3) is 0 Å². The third kappa shape index (κ3) is 4.21. The van der Waals surface area contributed by atoms with Gasteiger partial charge in [-0.25, -0.2) is 4.39 Å². The zero-order valence-electron chi connectivity index (χ0n) is 9.46. The Morgan fingerprint density at radius 1 is 1.50 bits per heavy atom. The lowest BCUT2D eigenvalue weighted by Gasteiger charge is -2.17. The van der Waals surface area contributed by atoms with E-state index < -0.39 is 0 Å². The average Bonchev–Trinajstić information content (AvgIpc) is 2.18. The highest BCUT2D eigenvalue weighted by molar-refractivity contribution is 7.98. The summed E-state index contributed by atoms with van der Waals surface area (Å²) in [5, 5.41) is 8.85. The first kappa shape index (κ1) is 13.0. The summed E-state index contributed by atoms with van der Waals surface area (Å²) in [4.78, 5) is 0. The van der Waals surface area contributed by atoms with Crippen LogP contribution in [0, 0.1) is 17.1 Å². The summed E-state index contributed by atoms with van der Waals surface area (Å²) in [5.74, 6) is 1.11. The predicted octanol–water partition coefficient (Wildman–Crippen LogP) is 2.67. The van der Waals surface area contributed by atoms with Crippen LogP contribution in [0.3, 0.4) is 0 Å². The molecule has 1 aromatic carbocycles. The first-order valence-electron chi connectivity index (χ1n) is 4.97. The van der Waals surface area contributed by atoms with Crippen molar-refractivity contribution >= 4 is 11.8 Å². The van der Waals surface area contributed by atoms with Crippen molar-refractivity contribution in [1.29, 1.82) is 5.26 Å². The molecule has 0 heterocycles. The van der Waals surface area contributed by atoms with Gasteiger partial charge in [0, 0.05) is 17.0 Å². The maximum atomic E-state index is 12.9. The van der Waals surface area contributed by atoms with Crippen molar-refractivity contribution in [3.8, 4) is 6.07 Å². The van der Waals surface area contributed by atoms with Gasteiger partial charge in [-0.2, -0.15) is 17.0 Å². The van der Waals surface area contributed by atoms with E-state index in [4.69, 9.17) is 11.0 Å². The quantitative estimate of drug-likeness (QED) is 0.877. The number of rotatable bonds is 4. The van der Waals surface area contributed by atoms with Crippen LogP contribution in [0.15, 0.2) is 18.2 Å². The number of hydrogen-bond acceptors (Lipinski definition) is 3. The minimum absolute atomic E-state index is 0.225. The van der Waals surface area contributed by atoms with Crippen molar-refractivity contribution in [3.63, 3.8) is 0 Å². The first-order valence-corrected chi connectivity index (χ1v) is 6.13. The molecule has 0 unspecified atom stereocenters. The maximum Gasteiger partial charge on any atom is 0.124 e. The molecule has 1 aromatic rings. The molecule has 0 aliphatic rings. The van der Waals surface area contributed by atoms with E-state index in [0.717, 1.165) is 11.3 Å². The molecule has 0 spiro atoms. The standard InChI is InChI=1S/C12H15FN2S/c1-12(2,15)8-16-7-9-3-4-11(13)5-10(9)6-14/h3-5H,7-8,15H2,1-2H3. The Balaban J connectivity index is 2.65. The molecule has 0 saturated carbocycles. The van der Waals surface area contributed by atoms with Crippen LogP contribution >= 0.6 is 11.8 Å². The van der Waals surface area contributed by atoms with Crippen LogP contribution in [0.4, 0.5) is 4.39 Å². The molecule has 0 radical (unpaired) electrons. The molecule has 0 fully saturated rings. The highest BCUT2D eigenvalue weighted by Crippen LogP contribution is 2.19. The van der Waals surface area contributed by atoms with Crippen LogP contribution < -0.4 is 5.73 Å². The third-order valence-electron chi connectivity index (χ3n) is 1.92. The predicted molar refractivity (Wildman–Crippen MR) is 65.5 cm³/mol. The Labute approximate surface area is 99.6 Å². The molecular weight excluding hydrogens is 223 g/mol. The summed E-state index contributed by atoms with van der Waals surface area (Å²) in [5.41, 5.74) is 6.89. The summed E-state index contributed by atoms with van der Waals surface area (Å²) < 4.78 is 12.9. The topological polar surface area (TPSA) is 49.8 Å². The zero-order valence-corrected chi connectivity index (χ0v) is 10.3. The summed E-state index contributed by atoms with van der Waals surface area (Å²) in [6, 6.07) is 6.30.